The minimum Gasteiger partial charge on any atom is -0.465 e. The van der Waals surface area contributed by atoms with Crippen molar-refractivity contribution in [1.82, 2.24) is 14.9 Å². The summed E-state index contributed by atoms with van der Waals surface area (Å²) in [6.07, 6.45) is 1.56. The average Bonchev–Trinajstić information content (AvgIpc) is 3.53. The van der Waals surface area contributed by atoms with E-state index in [0.29, 0.717) is 28.1 Å². The quantitative estimate of drug-likeness (QED) is 0.342. The van der Waals surface area contributed by atoms with Crippen molar-refractivity contribution in [3.8, 4) is 17.6 Å². The summed E-state index contributed by atoms with van der Waals surface area (Å²) in [6, 6.07) is 18.4. The van der Waals surface area contributed by atoms with E-state index in [-0.39, 0.29) is 13.4 Å². The summed E-state index contributed by atoms with van der Waals surface area (Å²) < 4.78 is 18.4. The van der Waals surface area contributed by atoms with Crippen molar-refractivity contribution in [1.29, 1.82) is 5.26 Å². The monoisotopic (exact) mass is 485 g/mol. The van der Waals surface area contributed by atoms with E-state index in [1.54, 1.807) is 10.7 Å². The molecule has 10 nitrogen and oxygen atoms in total. The van der Waals surface area contributed by atoms with Crippen LogP contribution in [0.25, 0.3) is 5.52 Å². The van der Waals surface area contributed by atoms with Gasteiger partial charge in [0.05, 0.1) is 35.6 Å². The molecule has 0 aliphatic carbocycles. The normalized spacial score (nSPS) is 15.8. The number of aromatic nitrogens is 2. The molecule has 2 unspecified atom stereocenters. The number of carbonyl (C=O) groups is 1. The lowest BCUT2D eigenvalue weighted by Crippen LogP contribution is -2.36. The maximum absolute atomic E-state index is 11.5. The molecule has 2 aromatic carbocycles. The van der Waals surface area contributed by atoms with Gasteiger partial charge in [0, 0.05) is 17.4 Å². The molecule has 1 saturated heterocycles. The Kier molecular flexibility index (Phi) is 6.40. The summed E-state index contributed by atoms with van der Waals surface area (Å²) >= 11 is 0. The van der Waals surface area contributed by atoms with Gasteiger partial charge in [-0.05, 0) is 48.9 Å². The number of para-hydroxylation sites is 1. The van der Waals surface area contributed by atoms with Gasteiger partial charge in [-0.1, -0.05) is 18.2 Å². The highest BCUT2D eigenvalue weighted by molar-refractivity contribution is 5.85. The van der Waals surface area contributed by atoms with Crippen molar-refractivity contribution in [3.63, 3.8) is 0 Å². The van der Waals surface area contributed by atoms with Crippen molar-refractivity contribution in [2.45, 2.75) is 19.1 Å². The molecule has 2 aromatic heterocycles. The molecule has 5 rings (SSSR count). The van der Waals surface area contributed by atoms with E-state index in [0.717, 1.165) is 17.0 Å². The van der Waals surface area contributed by atoms with Crippen molar-refractivity contribution < 1.29 is 24.1 Å². The van der Waals surface area contributed by atoms with E-state index >= 15 is 0 Å². The number of hydrogen-bond donors (Lipinski definition) is 3. The molecule has 10 heteroatoms. The molecule has 36 heavy (non-hydrogen) atoms. The van der Waals surface area contributed by atoms with Gasteiger partial charge in [0.1, 0.15) is 30.5 Å². The lowest BCUT2D eigenvalue weighted by molar-refractivity contribution is 0.0351. The number of amides is 1. The van der Waals surface area contributed by atoms with Gasteiger partial charge in [0.25, 0.3) is 0 Å². The summed E-state index contributed by atoms with van der Waals surface area (Å²) in [7, 11) is 0. The third-order valence-corrected chi connectivity index (χ3v) is 5.95. The Balaban J connectivity index is 1.49. The van der Waals surface area contributed by atoms with E-state index in [9.17, 15) is 15.2 Å². The van der Waals surface area contributed by atoms with Crippen LogP contribution in [0.2, 0.25) is 0 Å². The molecular weight excluding hydrogens is 462 g/mol. The van der Waals surface area contributed by atoms with Gasteiger partial charge in [0.15, 0.2) is 0 Å². The van der Waals surface area contributed by atoms with E-state index in [1.807, 2.05) is 61.5 Å². The van der Waals surface area contributed by atoms with Crippen molar-refractivity contribution in [3.05, 3.63) is 83.7 Å². The number of nitriles is 1. The second-order valence-corrected chi connectivity index (χ2v) is 8.23. The summed E-state index contributed by atoms with van der Waals surface area (Å²) in [6.45, 7) is 2.22. The third-order valence-electron chi connectivity index (χ3n) is 5.95. The molecule has 182 valence electrons. The lowest BCUT2D eigenvalue weighted by Gasteiger charge is -2.21. The Bertz CT molecular complexity index is 1420. The maximum Gasteiger partial charge on any atom is 0.405 e. The highest BCUT2D eigenvalue weighted by atomic mass is 16.7. The van der Waals surface area contributed by atoms with Crippen LogP contribution in [0.4, 0.5) is 16.2 Å². The predicted molar refractivity (Wildman–Crippen MR) is 130 cm³/mol. The molecule has 1 fully saturated rings. The van der Waals surface area contributed by atoms with Gasteiger partial charge in [-0.15, -0.1) is 0 Å². The molecule has 2 atom stereocenters. The molecule has 4 aromatic rings. The van der Waals surface area contributed by atoms with Crippen LogP contribution in [0.1, 0.15) is 22.7 Å². The first-order valence-corrected chi connectivity index (χ1v) is 11.2. The van der Waals surface area contributed by atoms with Crippen LogP contribution < -0.4 is 15.4 Å². The van der Waals surface area contributed by atoms with Crippen molar-refractivity contribution in [2.24, 2.45) is 0 Å². The summed E-state index contributed by atoms with van der Waals surface area (Å²) in [5.41, 5.74) is 3.76. The van der Waals surface area contributed by atoms with Crippen LogP contribution in [-0.2, 0) is 9.47 Å². The minimum absolute atomic E-state index is 0.0997. The summed E-state index contributed by atoms with van der Waals surface area (Å²) in [4.78, 5) is 11.5. The Morgan fingerprint density at radius 3 is 2.64 bits per heavy atom. The molecule has 0 saturated carbocycles. The van der Waals surface area contributed by atoms with Gasteiger partial charge in [-0.25, -0.2) is 9.31 Å². The van der Waals surface area contributed by atoms with Gasteiger partial charge in [-0.2, -0.15) is 10.4 Å². The predicted octanol–water partition coefficient (Wildman–Crippen LogP) is 4.73. The number of nitrogens with one attached hydrogen (secondary N) is 2. The number of carboxylic acid groups (broad SMARTS) is 1. The maximum atomic E-state index is 11.5. The molecule has 0 radical (unpaired) electrons. The number of rotatable bonds is 7. The average molecular weight is 486 g/mol. The van der Waals surface area contributed by atoms with Crippen LogP contribution >= 0.6 is 0 Å². The van der Waals surface area contributed by atoms with E-state index < -0.39 is 18.2 Å². The van der Waals surface area contributed by atoms with Crippen LogP contribution in [-0.4, -0.2) is 40.3 Å². The zero-order valence-corrected chi connectivity index (χ0v) is 19.3. The van der Waals surface area contributed by atoms with Crippen molar-refractivity contribution in [2.75, 3.05) is 18.7 Å². The Labute approximate surface area is 206 Å². The Hall–Kier alpha value is -4.59. The Morgan fingerprint density at radius 2 is 1.97 bits per heavy atom. The second kappa shape index (κ2) is 9.95. The number of aryl methyl sites for hydroxylation is 1. The number of ether oxygens (including phenoxy) is 3. The van der Waals surface area contributed by atoms with Gasteiger partial charge >= 0.3 is 6.09 Å². The fourth-order valence-electron chi connectivity index (χ4n) is 4.25. The molecule has 0 spiro atoms. The molecular formula is C26H23N5O5. The lowest BCUT2D eigenvalue weighted by atomic mass is 10.00. The van der Waals surface area contributed by atoms with E-state index in [1.165, 1.54) is 6.20 Å². The molecule has 3 heterocycles. The zero-order chi connectivity index (χ0) is 25.1. The smallest absolute Gasteiger partial charge is 0.405 e. The first kappa shape index (κ1) is 23.2. The molecule has 0 bridgehead atoms. The number of benzene rings is 2. The zero-order valence-electron chi connectivity index (χ0n) is 19.3. The van der Waals surface area contributed by atoms with Gasteiger partial charge < -0.3 is 30.0 Å². The first-order valence-electron chi connectivity index (χ1n) is 11.2. The van der Waals surface area contributed by atoms with Crippen LogP contribution in [0.5, 0.6) is 11.5 Å². The number of nitrogens with zero attached hydrogens (tertiary/aromatic N) is 3. The first-order chi connectivity index (χ1) is 17.5. The van der Waals surface area contributed by atoms with Crippen LogP contribution in [0.15, 0.2) is 67.0 Å². The highest BCUT2D eigenvalue weighted by Gasteiger charge is 2.32. The van der Waals surface area contributed by atoms with Crippen molar-refractivity contribution >= 4 is 23.0 Å². The molecule has 1 amide bonds. The fourth-order valence-corrected chi connectivity index (χ4v) is 4.25. The largest absolute Gasteiger partial charge is 0.465 e. The van der Waals surface area contributed by atoms with Gasteiger partial charge in [-0.3, -0.25) is 0 Å². The number of hydrogen-bond acceptors (Lipinski definition) is 7. The molecule has 3 N–H and O–H groups in total. The SMILES string of the molecule is Cc1c(C(NC(=O)O)C2COCO2)cn2ncc(C#N)c(Nc3ccc(Oc4ccccc4)cc3)c12. The van der Waals surface area contributed by atoms with Crippen LogP contribution in [0.3, 0.4) is 0 Å². The van der Waals surface area contributed by atoms with E-state index in [4.69, 9.17) is 14.2 Å². The third kappa shape index (κ3) is 4.65. The highest BCUT2D eigenvalue weighted by Crippen LogP contribution is 2.35. The van der Waals surface area contributed by atoms with E-state index in [2.05, 4.69) is 21.8 Å². The summed E-state index contributed by atoms with van der Waals surface area (Å²) in [5.74, 6) is 1.41. The minimum atomic E-state index is -1.17. The fraction of sp³-hybridized carbons (Fsp3) is 0.192. The topological polar surface area (TPSA) is 130 Å². The van der Waals surface area contributed by atoms with Gasteiger partial charge in [0.2, 0.25) is 0 Å². The summed E-state index contributed by atoms with van der Waals surface area (Å²) in [5, 5.41) is 29.4. The number of anilines is 2. The second-order valence-electron chi connectivity index (χ2n) is 8.23. The van der Waals surface area contributed by atoms with Crippen LogP contribution in [0, 0.1) is 18.3 Å². The Morgan fingerprint density at radius 1 is 1.22 bits per heavy atom. The standard InChI is InChI=1S/C26H23N5O5/c1-16-21(24(30-26(32)33)22-14-34-15-35-22)13-31-25(16)23(17(11-27)12-28-31)29-18-7-9-20(10-8-18)36-19-5-3-2-4-6-19/h2-10,12-13,22,24,29-30H,14-15H2,1H3,(H,32,33). The molecule has 1 aliphatic rings. The molecule has 1 aliphatic heterocycles. The number of fused-ring (bicyclic) bond motifs is 1.